The number of carbonyl (C=O) groups is 2. The van der Waals surface area contributed by atoms with Crippen molar-refractivity contribution in [1.29, 1.82) is 0 Å². The first-order valence-corrected chi connectivity index (χ1v) is 11.0. The Morgan fingerprint density at radius 1 is 1.06 bits per heavy atom. The molecule has 0 bridgehead atoms. The molecule has 0 aliphatic carbocycles. The monoisotopic (exact) mass is 463 g/mol. The quantitative estimate of drug-likeness (QED) is 0.467. The van der Waals surface area contributed by atoms with E-state index in [2.05, 4.69) is 20.6 Å². The van der Waals surface area contributed by atoms with E-state index in [1.54, 1.807) is 13.1 Å². The van der Waals surface area contributed by atoms with Gasteiger partial charge in [-0.05, 0) is 24.6 Å². The molecule has 2 aromatic carbocycles. The summed E-state index contributed by atoms with van der Waals surface area (Å²) in [5, 5.41) is 5.43. The number of anilines is 2. The van der Waals surface area contributed by atoms with E-state index in [-0.39, 0.29) is 18.6 Å². The standard InChI is InChI=1S/C25H29N5O4/c1-4-27-24-28-16-19(17-29-24)23(31)30(3)20-11-8-12-21(15-20)34-22(13-14-33-25(32)26-2)18-9-6-5-7-10-18/h5-12,15-17,22H,4,13-14H2,1-3H3,(H,26,32)(H,27,28,29). The minimum Gasteiger partial charge on any atom is -0.486 e. The predicted molar refractivity (Wildman–Crippen MR) is 130 cm³/mol. The van der Waals surface area contributed by atoms with Crippen LogP contribution in [0.4, 0.5) is 16.4 Å². The highest BCUT2D eigenvalue weighted by molar-refractivity contribution is 6.05. The summed E-state index contributed by atoms with van der Waals surface area (Å²) in [4.78, 5) is 34.2. The van der Waals surface area contributed by atoms with Crippen molar-refractivity contribution in [2.45, 2.75) is 19.4 Å². The number of amides is 2. The Balaban J connectivity index is 1.73. The number of hydrogen-bond donors (Lipinski definition) is 2. The Labute approximate surface area is 199 Å². The van der Waals surface area contributed by atoms with Crippen LogP contribution in [0.25, 0.3) is 0 Å². The molecule has 1 atom stereocenters. The fourth-order valence-electron chi connectivity index (χ4n) is 3.22. The van der Waals surface area contributed by atoms with Crippen molar-refractivity contribution in [2.24, 2.45) is 0 Å². The van der Waals surface area contributed by atoms with Gasteiger partial charge >= 0.3 is 6.09 Å². The average Bonchev–Trinajstić information content (AvgIpc) is 2.88. The van der Waals surface area contributed by atoms with E-state index in [9.17, 15) is 9.59 Å². The van der Waals surface area contributed by atoms with Gasteiger partial charge in [-0.1, -0.05) is 36.4 Å². The first-order valence-electron chi connectivity index (χ1n) is 11.0. The topological polar surface area (TPSA) is 106 Å². The normalized spacial score (nSPS) is 11.3. The molecule has 0 saturated carbocycles. The highest BCUT2D eigenvalue weighted by Gasteiger charge is 2.18. The summed E-state index contributed by atoms with van der Waals surface area (Å²) in [7, 11) is 3.20. The van der Waals surface area contributed by atoms with Crippen LogP contribution in [0.1, 0.15) is 35.4 Å². The Bertz CT molecular complexity index is 1080. The number of benzene rings is 2. The molecule has 0 saturated heterocycles. The molecule has 1 unspecified atom stereocenters. The van der Waals surface area contributed by atoms with E-state index in [1.165, 1.54) is 24.3 Å². The Hall–Kier alpha value is -4.14. The first-order chi connectivity index (χ1) is 16.5. The predicted octanol–water partition coefficient (Wildman–Crippen LogP) is 4.05. The van der Waals surface area contributed by atoms with Gasteiger partial charge in [-0.15, -0.1) is 0 Å². The van der Waals surface area contributed by atoms with Crippen molar-refractivity contribution in [3.8, 4) is 5.75 Å². The summed E-state index contributed by atoms with van der Waals surface area (Å²) in [5.74, 6) is 0.827. The molecule has 34 heavy (non-hydrogen) atoms. The van der Waals surface area contributed by atoms with E-state index < -0.39 is 6.09 Å². The second kappa shape index (κ2) is 12.2. The smallest absolute Gasteiger partial charge is 0.406 e. The van der Waals surface area contributed by atoms with Crippen LogP contribution in [0.5, 0.6) is 5.75 Å². The SMILES string of the molecule is CCNc1ncc(C(=O)N(C)c2cccc(OC(CCOC(=O)NC)c3ccccc3)c2)cn1. The van der Waals surface area contributed by atoms with Gasteiger partial charge in [0.1, 0.15) is 11.9 Å². The summed E-state index contributed by atoms with van der Waals surface area (Å²) < 4.78 is 11.4. The van der Waals surface area contributed by atoms with Crippen LogP contribution in [0, 0.1) is 0 Å². The lowest BCUT2D eigenvalue weighted by Crippen LogP contribution is -2.26. The van der Waals surface area contributed by atoms with Crippen LogP contribution in [0.3, 0.4) is 0 Å². The van der Waals surface area contributed by atoms with E-state index in [1.807, 2.05) is 55.5 Å². The molecule has 178 valence electrons. The fraction of sp³-hybridized carbons (Fsp3) is 0.280. The molecule has 3 aromatic rings. The van der Waals surface area contributed by atoms with Gasteiger partial charge < -0.3 is 25.0 Å². The molecule has 3 rings (SSSR count). The van der Waals surface area contributed by atoms with Gasteiger partial charge in [-0.3, -0.25) is 4.79 Å². The van der Waals surface area contributed by atoms with Crippen molar-refractivity contribution in [2.75, 3.05) is 37.5 Å². The Morgan fingerprint density at radius 2 is 1.79 bits per heavy atom. The second-order valence-corrected chi connectivity index (χ2v) is 7.38. The van der Waals surface area contributed by atoms with Gasteiger partial charge in [-0.2, -0.15) is 0 Å². The van der Waals surface area contributed by atoms with Gasteiger partial charge in [0.2, 0.25) is 5.95 Å². The Morgan fingerprint density at radius 3 is 2.47 bits per heavy atom. The molecule has 2 amide bonds. The zero-order valence-corrected chi connectivity index (χ0v) is 19.5. The highest BCUT2D eigenvalue weighted by Crippen LogP contribution is 2.28. The highest BCUT2D eigenvalue weighted by atomic mass is 16.5. The average molecular weight is 464 g/mol. The molecule has 0 aliphatic rings. The number of nitrogens with zero attached hydrogens (tertiary/aromatic N) is 3. The molecular weight excluding hydrogens is 434 g/mol. The summed E-state index contributed by atoms with van der Waals surface area (Å²) in [6, 6.07) is 17.0. The third-order valence-corrected chi connectivity index (χ3v) is 5.01. The molecule has 0 aliphatic heterocycles. The number of aromatic nitrogens is 2. The maximum Gasteiger partial charge on any atom is 0.406 e. The summed E-state index contributed by atoms with van der Waals surface area (Å²) in [5.41, 5.74) is 1.99. The lowest BCUT2D eigenvalue weighted by atomic mass is 10.1. The molecule has 0 spiro atoms. The maximum absolute atomic E-state index is 12.9. The van der Waals surface area contributed by atoms with E-state index in [4.69, 9.17) is 9.47 Å². The van der Waals surface area contributed by atoms with Crippen molar-refractivity contribution >= 4 is 23.6 Å². The number of carbonyl (C=O) groups excluding carboxylic acids is 2. The third kappa shape index (κ3) is 6.68. The summed E-state index contributed by atoms with van der Waals surface area (Å²) >= 11 is 0. The van der Waals surface area contributed by atoms with E-state index in [0.717, 1.165) is 5.56 Å². The molecule has 0 fully saturated rings. The molecule has 1 aromatic heterocycles. The van der Waals surface area contributed by atoms with Crippen LogP contribution in [0.2, 0.25) is 0 Å². The van der Waals surface area contributed by atoms with Crippen LogP contribution in [0.15, 0.2) is 67.0 Å². The number of rotatable bonds is 10. The molecular formula is C25H29N5O4. The van der Waals surface area contributed by atoms with Crippen molar-refractivity contribution in [3.63, 3.8) is 0 Å². The zero-order valence-electron chi connectivity index (χ0n) is 19.5. The van der Waals surface area contributed by atoms with Crippen molar-refractivity contribution in [3.05, 3.63) is 78.1 Å². The van der Waals surface area contributed by atoms with Gasteiger partial charge in [0, 0.05) is 51.2 Å². The van der Waals surface area contributed by atoms with E-state index in [0.29, 0.717) is 35.9 Å². The molecule has 1 heterocycles. The third-order valence-electron chi connectivity index (χ3n) is 5.01. The number of nitrogens with one attached hydrogen (secondary N) is 2. The maximum atomic E-state index is 12.9. The zero-order chi connectivity index (χ0) is 24.3. The number of ether oxygens (including phenoxy) is 2. The van der Waals surface area contributed by atoms with Gasteiger partial charge in [0.15, 0.2) is 0 Å². The van der Waals surface area contributed by atoms with Crippen LogP contribution in [-0.2, 0) is 4.74 Å². The lowest BCUT2D eigenvalue weighted by molar-refractivity contribution is 0.0992. The largest absolute Gasteiger partial charge is 0.486 e. The number of hydrogen-bond acceptors (Lipinski definition) is 7. The van der Waals surface area contributed by atoms with Gasteiger partial charge in [0.05, 0.1) is 12.2 Å². The van der Waals surface area contributed by atoms with Crippen molar-refractivity contribution < 1.29 is 19.1 Å². The van der Waals surface area contributed by atoms with Crippen LogP contribution in [-0.4, -0.2) is 49.2 Å². The van der Waals surface area contributed by atoms with E-state index >= 15 is 0 Å². The molecule has 9 heteroatoms. The minimum absolute atomic E-state index is 0.195. The first kappa shape index (κ1) is 24.5. The van der Waals surface area contributed by atoms with Gasteiger partial charge in [-0.25, -0.2) is 14.8 Å². The molecule has 0 radical (unpaired) electrons. The van der Waals surface area contributed by atoms with Crippen LogP contribution < -0.4 is 20.3 Å². The second-order valence-electron chi connectivity index (χ2n) is 7.38. The summed E-state index contributed by atoms with van der Waals surface area (Å²) in [6.07, 6.45) is 2.64. The molecule has 9 nitrogen and oxygen atoms in total. The van der Waals surface area contributed by atoms with Crippen molar-refractivity contribution in [1.82, 2.24) is 15.3 Å². The molecule has 2 N–H and O–H groups in total. The number of alkyl carbamates (subject to hydrolysis) is 1. The summed E-state index contributed by atoms with van der Waals surface area (Å²) in [6.45, 7) is 2.84. The Kier molecular flexibility index (Phi) is 8.79. The fourth-order valence-corrected chi connectivity index (χ4v) is 3.22. The van der Waals surface area contributed by atoms with Gasteiger partial charge in [0.25, 0.3) is 5.91 Å². The lowest BCUT2D eigenvalue weighted by Gasteiger charge is -2.22. The minimum atomic E-state index is -0.489. The van der Waals surface area contributed by atoms with Crippen LogP contribution >= 0.6 is 0 Å².